The summed E-state index contributed by atoms with van der Waals surface area (Å²) in [5, 5.41) is 3.65. The normalized spacial score (nSPS) is 15.3. The molecule has 0 saturated carbocycles. The van der Waals surface area contributed by atoms with E-state index in [1.807, 2.05) is 68.1 Å². The van der Waals surface area contributed by atoms with E-state index in [1.165, 1.54) is 0 Å². The van der Waals surface area contributed by atoms with Gasteiger partial charge in [-0.2, -0.15) is 0 Å². The van der Waals surface area contributed by atoms with Gasteiger partial charge in [0.15, 0.2) is 0 Å². The van der Waals surface area contributed by atoms with E-state index in [1.54, 1.807) is 6.07 Å². The fraction of sp³-hybridized carbons (Fsp3) is 0.391. The molecule has 0 radical (unpaired) electrons. The summed E-state index contributed by atoms with van der Waals surface area (Å²) in [6, 6.07) is 14.6. The molecule has 0 aromatic heterocycles. The number of nitrogens with one attached hydrogen (secondary N) is 1. The van der Waals surface area contributed by atoms with Crippen molar-refractivity contribution in [1.29, 1.82) is 0 Å². The highest BCUT2D eigenvalue weighted by atomic mass is 35.5. The van der Waals surface area contributed by atoms with Crippen LogP contribution in [0.5, 0.6) is 0 Å². The fourth-order valence-corrected chi connectivity index (χ4v) is 3.76. The van der Waals surface area contributed by atoms with Gasteiger partial charge in [-0.3, -0.25) is 9.59 Å². The Bertz CT molecular complexity index is 876. The minimum atomic E-state index is -0.541. The van der Waals surface area contributed by atoms with Crippen LogP contribution < -0.4 is 10.2 Å². The number of carbonyl (C=O) groups excluding carboxylic acids is 2. The molecule has 1 atom stereocenters. The molecule has 6 heteroatoms. The maximum absolute atomic E-state index is 13.1. The Balaban J connectivity index is 1.63. The Labute approximate surface area is 177 Å². The van der Waals surface area contributed by atoms with Crippen LogP contribution in [0.25, 0.3) is 0 Å². The van der Waals surface area contributed by atoms with Crippen molar-refractivity contribution in [2.24, 2.45) is 5.92 Å². The van der Waals surface area contributed by atoms with Crippen LogP contribution in [0.4, 0.5) is 5.69 Å². The molecule has 1 fully saturated rings. The monoisotopic (exact) mass is 413 g/mol. The maximum atomic E-state index is 13.1. The van der Waals surface area contributed by atoms with Crippen molar-refractivity contribution in [2.45, 2.75) is 26.8 Å². The molecule has 1 aliphatic rings. The highest BCUT2D eigenvalue weighted by Crippen LogP contribution is 2.21. The molecular weight excluding hydrogens is 386 g/mol. The molecule has 2 aromatic carbocycles. The number of nitrogens with zero attached hydrogens (tertiary/aromatic N) is 2. The number of hydrogen-bond donors (Lipinski definition) is 1. The lowest BCUT2D eigenvalue weighted by Gasteiger charge is -2.38. The molecule has 1 N–H and O–H groups in total. The van der Waals surface area contributed by atoms with Gasteiger partial charge in [-0.05, 0) is 43.2 Å². The van der Waals surface area contributed by atoms with Gasteiger partial charge in [0.1, 0.15) is 6.04 Å². The SMILES string of the molecule is Cc1cccc(C(=O)NC(C(=O)N2CCN(c3cccc(Cl)c3)CC2)C(C)C)c1. The molecule has 0 aliphatic carbocycles. The van der Waals surface area contributed by atoms with E-state index in [0.717, 1.165) is 24.3 Å². The third-order valence-corrected chi connectivity index (χ3v) is 5.50. The first-order valence-corrected chi connectivity index (χ1v) is 10.4. The highest BCUT2D eigenvalue weighted by Gasteiger charge is 2.31. The van der Waals surface area contributed by atoms with Gasteiger partial charge < -0.3 is 15.1 Å². The van der Waals surface area contributed by atoms with Crippen LogP contribution in [-0.2, 0) is 4.79 Å². The topological polar surface area (TPSA) is 52.7 Å². The van der Waals surface area contributed by atoms with Crippen molar-refractivity contribution in [3.8, 4) is 0 Å². The molecule has 0 bridgehead atoms. The van der Waals surface area contributed by atoms with Gasteiger partial charge in [-0.15, -0.1) is 0 Å². The summed E-state index contributed by atoms with van der Waals surface area (Å²) in [6.45, 7) is 8.58. The minimum absolute atomic E-state index is 0.00205. The van der Waals surface area contributed by atoms with Gasteiger partial charge in [0.25, 0.3) is 5.91 Å². The van der Waals surface area contributed by atoms with Crippen LogP contribution in [0.3, 0.4) is 0 Å². The minimum Gasteiger partial charge on any atom is -0.368 e. The summed E-state index contributed by atoms with van der Waals surface area (Å²) in [7, 11) is 0. The summed E-state index contributed by atoms with van der Waals surface area (Å²) in [6.07, 6.45) is 0. The van der Waals surface area contributed by atoms with Gasteiger partial charge in [-0.1, -0.05) is 49.2 Å². The largest absolute Gasteiger partial charge is 0.368 e. The molecule has 1 saturated heterocycles. The Morgan fingerprint density at radius 1 is 1.00 bits per heavy atom. The first-order chi connectivity index (χ1) is 13.8. The standard InChI is InChI=1S/C23H28ClN3O2/c1-16(2)21(25-22(28)18-7-4-6-17(3)14-18)23(29)27-12-10-26(11-13-27)20-9-5-8-19(24)15-20/h4-9,14-16,21H,10-13H2,1-3H3,(H,25,28). The molecular formula is C23H28ClN3O2. The number of amides is 2. The number of carbonyl (C=O) groups is 2. The van der Waals surface area contributed by atoms with E-state index in [-0.39, 0.29) is 17.7 Å². The van der Waals surface area contributed by atoms with Crippen molar-refractivity contribution in [1.82, 2.24) is 10.2 Å². The number of rotatable bonds is 5. The zero-order valence-electron chi connectivity index (χ0n) is 17.2. The third kappa shape index (κ3) is 5.30. The van der Waals surface area contributed by atoms with Crippen LogP contribution in [0, 0.1) is 12.8 Å². The first kappa shape index (κ1) is 21.2. The average molecular weight is 414 g/mol. The molecule has 2 aromatic rings. The zero-order valence-corrected chi connectivity index (χ0v) is 17.9. The lowest BCUT2D eigenvalue weighted by Crippen LogP contribution is -2.56. The summed E-state index contributed by atoms with van der Waals surface area (Å²) >= 11 is 6.10. The Morgan fingerprint density at radius 3 is 2.31 bits per heavy atom. The summed E-state index contributed by atoms with van der Waals surface area (Å²) in [4.78, 5) is 29.9. The van der Waals surface area contributed by atoms with Crippen LogP contribution in [0.2, 0.25) is 5.02 Å². The third-order valence-electron chi connectivity index (χ3n) is 5.26. The summed E-state index contributed by atoms with van der Waals surface area (Å²) in [5.74, 6) is -0.229. The first-order valence-electron chi connectivity index (χ1n) is 10.0. The molecule has 154 valence electrons. The molecule has 1 unspecified atom stereocenters. The lowest BCUT2D eigenvalue weighted by molar-refractivity contribution is -0.134. The average Bonchev–Trinajstić information content (AvgIpc) is 2.71. The number of hydrogen-bond acceptors (Lipinski definition) is 3. The van der Waals surface area contributed by atoms with E-state index in [2.05, 4.69) is 10.2 Å². The van der Waals surface area contributed by atoms with E-state index in [4.69, 9.17) is 11.6 Å². The van der Waals surface area contributed by atoms with E-state index >= 15 is 0 Å². The van der Waals surface area contributed by atoms with Crippen molar-refractivity contribution >= 4 is 29.1 Å². The Morgan fingerprint density at radius 2 is 1.69 bits per heavy atom. The summed E-state index contributed by atoms with van der Waals surface area (Å²) < 4.78 is 0. The van der Waals surface area contributed by atoms with Gasteiger partial charge in [0.2, 0.25) is 5.91 Å². The van der Waals surface area contributed by atoms with Crippen LogP contribution in [-0.4, -0.2) is 48.9 Å². The van der Waals surface area contributed by atoms with Crippen molar-refractivity contribution in [3.63, 3.8) is 0 Å². The van der Waals surface area contributed by atoms with Gasteiger partial charge in [0.05, 0.1) is 0 Å². The number of aryl methyl sites for hydroxylation is 1. The molecule has 3 rings (SSSR count). The molecule has 2 amide bonds. The van der Waals surface area contributed by atoms with E-state index in [0.29, 0.717) is 23.7 Å². The van der Waals surface area contributed by atoms with Crippen molar-refractivity contribution in [3.05, 3.63) is 64.7 Å². The Kier molecular flexibility index (Phi) is 6.80. The summed E-state index contributed by atoms with van der Waals surface area (Å²) in [5.41, 5.74) is 2.66. The molecule has 29 heavy (non-hydrogen) atoms. The molecule has 1 aliphatic heterocycles. The number of anilines is 1. The van der Waals surface area contributed by atoms with Crippen LogP contribution >= 0.6 is 11.6 Å². The predicted octanol–water partition coefficient (Wildman–Crippen LogP) is 3.75. The lowest BCUT2D eigenvalue weighted by atomic mass is 10.0. The molecule has 0 spiro atoms. The van der Waals surface area contributed by atoms with Crippen molar-refractivity contribution < 1.29 is 9.59 Å². The zero-order chi connectivity index (χ0) is 21.0. The Hall–Kier alpha value is -2.53. The second-order valence-corrected chi connectivity index (χ2v) is 8.29. The van der Waals surface area contributed by atoms with Crippen LogP contribution in [0.15, 0.2) is 48.5 Å². The molecule has 1 heterocycles. The quantitative estimate of drug-likeness (QED) is 0.812. The number of piperazine rings is 1. The van der Waals surface area contributed by atoms with Gasteiger partial charge in [-0.25, -0.2) is 0 Å². The smallest absolute Gasteiger partial charge is 0.251 e. The fourth-order valence-electron chi connectivity index (χ4n) is 3.58. The number of halogens is 1. The van der Waals surface area contributed by atoms with Crippen LogP contribution in [0.1, 0.15) is 29.8 Å². The number of benzene rings is 2. The second-order valence-electron chi connectivity index (χ2n) is 7.86. The van der Waals surface area contributed by atoms with Crippen molar-refractivity contribution in [2.75, 3.05) is 31.1 Å². The predicted molar refractivity (Wildman–Crippen MR) is 118 cm³/mol. The van der Waals surface area contributed by atoms with E-state index < -0.39 is 6.04 Å². The second kappa shape index (κ2) is 9.31. The van der Waals surface area contributed by atoms with E-state index in [9.17, 15) is 9.59 Å². The molecule has 5 nitrogen and oxygen atoms in total. The maximum Gasteiger partial charge on any atom is 0.251 e. The van der Waals surface area contributed by atoms with Gasteiger partial charge in [0, 0.05) is 42.5 Å². The van der Waals surface area contributed by atoms with Gasteiger partial charge >= 0.3 is 0 Å². The highest BCUT2D eigenvalue weighted by molar-refractivity contribution is 6.30.